The van der Waals surface area contributed by atoms with Crippen LogP contribution in [0.25, 0.3) is 0 Å². The van der Waals surface area contributed by atoms with E-state index >= 15 is 0 Å². The van der Waals surface area contributed by atoms with Crippen molar-refractivity contribution in [3.8, 4) is 0 Å². The van der Waals surface area contributed by atoms with E-state index in [2.05, 4.69) is 15.9 Å². The molecule has 0 spiro atoms. The fraction of sp³-hybridized carbons (Fsp3) is 0.556. The maximum atomic E-state index is 11.7. The summed E-state index contributed by atoms with van der Waals surface area (Å²) in [7, 11) is -2.99. The zero-order chi connectivity index (χ0) is 10.9. The third kappa shape index (κ3) is 2.81. The Hall–Kier alpha value is 0.0900. The summed E-state index contributed by atoms with van der Waals surface area (Å²) in [4.78, 5) is 1.09. The number of halogens is 1. The van der Waals surface area contributed by atoms with Gasteiger partial charge in [0.05, 0.1) is 5.75 Å². The van der Waals surface area contributed by atoms with E-state index < -0.39 is 10.0 Å². The van der Waals surface area contributed by atoms with E-state index in [0.29, 0.717) is 18.8 Å². The number of thiophene rings is 1. The maximum absolute atomic E-state index is 11.7. The van der Waals surface area contributed by atoms with Crippen LogP contribution in [0.15, 0.2) is 15.9 Å². The van der Waals surface area contributed by atoms with Crippen LogP contribution in [0.2, 0.25) is 0 Å². The van der Waals surface area contributed by atoms with Gasteiger partial charge in [0, 0.05) is 27.8 Å². The predicted molar refractivity (Wildman–Crippen MR) is 65.4 cm³/mol. The zero-order valence-corrected chi connectivity index (χ0v) is 11.4. The van der Waals surface area contributed by atoms with Gasteiger partial charge in [-0.15, -0.1) is 11.3 Å². The molecule has 1 aliphatic heterocycles. The van der Waals surface area contributed by atoms with Crippen LogP contribution >= 0.6 is 27.3 Å². The summed E-state index contributed by atoms with van der Waals surface area (Å²) in [5.41, 5.74) is 0. The van der Waals surface area contributed by atoms with E-state index in [-0.39, 0.29) is 0 Å². The molecule has 0 atom stereocenters. The lowest BCUT2D eigenvalue weighted by Gasteiger charge is -2.25. The molecule has 0 aromatic carbocycles. The van der Waals surface area contributed by atoms with Crippen molar-refractivity contribution in [1.82, 2.24) is 4.31 Å². The Morgan fingerprint density at radius 3 is 2.87 bits per heavy atom. The van der Waals surface area contributed by atoms with Gasteiger partial charge in [0.2, 0.25) is 10.0 Å². The molecule has 0 bridgehead atoms. The second-order valence-corrected chi connectivity index (χ2v) is 7.59. The summed E-state index contributed by atoms with van der Waals surface area (Å²) in [6, 6.07) is 1.98. The predicted octanol–water partition coefficient (Wildman–Crippen LogP) is 2.44. The Labute approximate surface area is 102 Å². The maximum Gasteiger partial charge on any atom is 0.214 e. The Morgan fingerprint density at radius 1 is 1.47 bits per heavy atom. The monoisotopic (exact) mass is 309 g/mol. The molecule has 6 heteroatoms. The fourth-order valence-electron chi connectivity index (χ4n) is 1.63. The lowest BCUT2D eigenvalue weighted by atomic mass is 10.3. The van der Waals surface area contributed by atoms with Crippen molar-refractivity contribution >= 4 is 37.3 Å². The molecule has 0 saturated carbocycles. The van der Waals surface area contributed by atoms with Crippen molar-refractivity contribution in [3.05, 3.63) is 20.8 Å². The molecule has 0 amide bonds. The van der Waals surface area contributed by atoms with Gasteiger partial charge in [-0.05, 0) is 34.8 Å². The molecule has 84 valence electrons. The Morgan fingerprint density at radius 2 is 2.27 bits per heavy atom. The van der Waals surface area contributed by atoms with Crippen LogP contribution in [0.5, 0.6) is 0 Å². The zero-order valence-electron chi connectivity index (χ0n) is 8.15. The van der Waals surface area contributed by atoms with E-state index in [1.54, 1.807) is 15.6 Å². The molecule has 1 aromatic heterocycles. The fourth-order valence-corrected chi connectivity index (χ4v) is 4.75. The minimum atomic E-state index is -2.99. The van der Waals surface area contributed by atoms with E-state index in [1.807, 2.05) is 11.4 Å². The van der Waals surface area contributed by atoms with Crippen molar-refractivity contribution in [2.24, 2.45) is 0 Å². The summed E-state index contributed by atoms with van der Waals surface area (Å²) in [5.74, 6) is 0.305. The molecule has 2 rings (SSSR count). The normalized spacial score (nSPS) is 21.7. The molecule has 0 aliphatic carbocycles. The van der Waals surface area contributed by atoms with E-state index in [9.17, 15) is 8.42 Å². The molecule has 3 nitrogen and oxygen atoms in total. The van der Waals surface area contributed by atoms with E-state index in [4.69, 9.17) is 0 Å². The van der Waals surface area contributed by atoms with Crippen LogP contribution in [0, 0.1) is 0 Å². The summed E-state index contributed by atoms with van der Waals surface area (Å²) < 4.78 is 26.0. The molecule has 0 N–H and O–H groups in total. The average Bonchev–Trinajstić information content (AvgIpc) is 2.55. The van der Waals surface area contributed by atoms with Crippen LogP contribution in [0.3, 0.4) is 0 Å². The summed E-state index contributed by atoms with van der Waals surface area (Å²) in [5, 5.41) is 1.98. The highest BCUT2D eigenvalue weighted by Crippen LogP contribution is 2.24. The molecule has 1 saturated heterocycles. The van der Waals surface area contributed by atoms with Gasteiger partial charge < -0.3 is 0 Å². The van der Waals surface area contributed by atoms with Crippen molar-refractivity contribution in [2.75, 3.05) is 12.3 Å². The molecular weight excluding hydrogens is 298 g/mol. The first-order valence-electron chi connectivity index (χ1n) is 4.79. The SMILES string of the molecule is O=S1(=O)CCCCN1Cc1cc(Br)cs1. The highest BCUT2D eigenvalue weighted by atomic mass is 79.9. The Kier molecular flexibility index (Phi) is 3.49. The molecule has 15 heavy (non-hydrogen) atoms. The van der Waals surface area contributed by atoms with Gasteiger partial charge in [-0.1, -0.05) is 0 Å². The molecule has 0 radical (unpaired) electrons. The van der Waals surface area contributed by atoms with Gasteiger partial charge in [-0.25, -0.2) is 8.42 Å². The van der Waals surface area contributed by atoms with Gasteiger partial charge in [-0.3, -0.25) is 0 Å². The Bertz CT molecular complexity index is 441. The molecule has 1 aliphatic rings. The molecular formula is C9H12BrNO2S2. The quantitative estimate of drug-likeness (QED) is 0.841. The lowest BCUT2D eigenvalue weighted by Crippen LogP contribution is -2.36. The second-order valence-electron chi connectivity index (χ2n) is 3.59. The second kappa shape index (κ2) is 4.53. The van der Waals surface area contributed by atoms with Crippen molar-refractivity contribution in [2.45, 2.75) is 19.4 Å². The van der Waals surface area contributed by atoms with Crippen LogP contribution in [0.4, 0.5) is 0 Å². The van der Waals surface area contributed by atoms with Crippen LogP contribution < -0.4 is 0 Å². The average molecular weight is 310 g/mol. The molecule has 1 fully saturated rings. The summed E-state index contributed by atoms with van der Waals surface area (Å²) >= 11 is 4.96. The lowest BCUT2D eigenvalue weighted by molar-refractivity contribution is 0.381. The first kappa shape index (κ1) is 11.6. The molecule has 2 heterocycles. The van der Waals surface area contributed by atoms with E-state index in [1.165, 1.54) is 0 Å². The Balaban J connectivity index is 2.11. The number of rotatable bonds is 2. The highest BCUT2D eigenvalue weighted by molar-refractivity contribution is 9.10. The van der Waals surface area contributed by atoms with Crippen molar-refractivity contribution < 1.29 is 8.42 Å². The minimum absolute atomic E-state index is 0.305. The van der Waals surface area contributed by atoms with Crippen LogP contribution in [-0.4, -0.2) is 25.0 Å². The van der Waals surface area contributed by atoms with Crippen molar-refractivity contribution in [3.63, 3.8) is 0 Å². The van der Waals surface area contributed by atoms with Crippen molar-refractivity contribution in [1.29, 1.82) is 0 Å². The smallest absolute Gasteiger partial charge is 0.212 e. The number of nitrogens with zero attached hydrogens (tertiary/aromatic N) is 1. The largest absolute Gasteiger partial charge is 0.214 e. The minimum Gasteiger partial charge on any atom is -0.212 e. The standard InChI is InChI=1S/C9H12BrNO2S2/c10-8-5-9(14-7-8)6-11-3-1-2-4-15(11,12)13/h5,7H,1-4,6H2. The summed E-state index contributed by atoms with van der Waals surface area (Å²) in [6.07, 6.45) is 1.78. The third-order valence-electron chi connectivity index (χ3n) is 2.41. The topological polar surface area (TPSA) is 37.4 Å². The van der Waals surface area contributed by atoms with Gasteiger partial charge in [0.25, 0.3) is 0 Å². The number of hydrogen-bond acceptors (Lipinski definition) is 3. The first-order valence-corrected chi connectivity index (χ1v) is 8.07. The van der Waals surface area contributed by atoms with Crippen LogP contribution in [-0.2, 0) is 16.6 Å². The number of sulfonamides is 1. The third-order valence-corrected chi connectivity index (χ3v) is 5.99. The molecule has 1 aromatic rings. The van der Waals surface area contributed by atoms with Gasteiger partial charge in [-0.2, -0.15) is 4.31 Å². The van der Waals surface area contributed by atoms with Gasteiger partial charge in [0.15, 0.2) is 0 Å². The van der Waals surface area contributed by atoms with Crippen LogP contribution in [0.1, 0.15) is 17.7 Å². The first-order chi connectivity index (χ1) is 7.08. The van der Waals surface area contributed by atoms with E-state index in [0.717, 1.165) is 22.2 Å². The number of hydrogen-bond donors (Lipinski definition) is 0. The summed E-state index contributed by atoms with van der Waals surface area (Å²) in [6.45, 7) is 1.19. The molecule has 0 unspecified atom stereocenters. The van der Waals surface area contributed by atoms with Gasteiger partial charge >= 0.3 is 0 Å². The highest BCUT2D eigenvalue weighted by Gasteiger charge is 2.25. The van der Waals surface area contributed by atoms with Gasteiger partial charge in [0.1, 0.15) is 0 Å².